The quantitative estimate of drug-likeness (QED) is 0.675. The van der Waals surface area contributed by atoms with Crippen LogP contribution in [0.1, 0.15) is 15.9 Å². The number of aromatic amines is 2. The number of halogens is 3. The largest absolute Gasteiger partial charge is 0.416 e. The fraction of sp³-hybridized carbons (Fsp3) is 0.0667. The third kappa shape index (κ3) is 3.74. The fourth-order valence-electron chi connectivity index (χ4n) is 2.11. The zero-order chi connectivity index (χ0) is 18.0. The normalized spacial score (nSPS) is 11.3. The van der Waals surface area contributed by atoms with Crippen LogP contribution < -0.4 is 11.0 Å². The molecule has 10 heteroatoms. The Bertz CT molecular complexity index is 963. The van der Waals surface area contributed by atoms with E-state index in [9.17, 15) is 22.8 Å². The number of aromatic nitrogens is 4. The van der Waals surface area contributed by atoms with E-state index in [2.05, 4.69) is 25.5 Å². The highest BCUT2D eigenvalue weighted by molar-refractivity contribution is 6.04. The SMILES string of the molecule is O=C(Nc1cc(-c2n[nH]c(=O)[nH]2)cc(C(F)(F)F)c1)c1ccncc1. The van der Waals surface area contributed by atoms with Crippen LogP contribution >= 0.6 is 0 Å². The zero-order valence-corrected chi connectivity index (χ0v) is 12.4. The summed E-state index contributed by atoms with van der Waals surface area (Å²) in [5.41, 5.74) is -1.50. The summed E-state index contributed by atoms with van der Waals surface area (Å²) in [6.07, 6.45) is -1.86. The lowest BCUT2D eigenvalue weighted by molar-refractivity contribution is -0.137. The predicted octanol–water partition coefficient (Wildman–Crippen LogP) is 2.43. The molecule has 0 fully saturated rings. The summed E-state index contributed by atoms with van der Waals surface area (Å²) in [6, 6.07) is 5.76. The summed E-state index contributed by atoms with van der Waals surface area (Å²) in [5, 5.41) is 8.07. The van der Waals surface area contributed by atoms with Crippen molar-refractivity contribution in [3.8, 4) is 11.4 Å². The molecule has 1 aromatic carbocycles. The molecule has 0 bridgehead atoms. The second kappa shape index (κ2) is 6.23. The smallest absolute Gasteiger partial charge is 0.322 e. The standard InChI is InChI=1S/C15H10F3N5O2/c16-15(17,18)10-5-9(12-21-14(25)23-22-12)6-11(7-10)20-13(24)8-1-3-19-4-2-8/h1-7H,(H,20,24)(H2,21,22,23,25). The minimum Gasteiger partial charge on any atom is -0.322 e. The second-order valence-electron chi connectivity index (χ2n) is 5.01. The second-order valence-corrected chi connectivity index (χ2v) is 5.01. The van der Waals surface area contributed by atoms with Crippen LogP contribution in [0, 0.1) is 0 Å². The lowest BCUT2D eigenvalue weighted by atomic mass is 10.1. The van der Waals surface area contributed by atoms with E-state index in [1.165, 1.54) is 30.6 Å². The van der Waals surface area contributed by atoms with E-state index in [1.54, 1.807) is 0 Å². The summed E-state index contributed by atoms with van der Waals surface area (Å²) in [5.74, 6) is -0.668. The van der Waals surface area contributed by atoms with Crippen LogP contribution in [-0.2, 0) is 6.18 Å². The monoisotopic (exact) mass is 349 g/mol. The molecule has 0 saturated carbocycles. The van der Waals surface area contributed by atoms with Crippen molar-refractivity contribution in [1.82, 2.24) is 20.2 Å². The number of nitrogens with one attached hydrogen (secondary N) is 3. The first-order valence-corrected chi connectivity index (χ1v) is 6.91. The van der Waals surface area contributed by atoms with Crippen molar-refractivity contribution in [1.29, 1.82) is 0 Å². The maximum absolute atomic E-state index is 13.1. The Balaban J connectivity index is 2.01. The molecular formula is C15H10F3N5O2. The first kappa shape index (κ1) is 16.4. The number of amides is 1. The molecule has 0 aliphatic rings. The third-order valence-electron chi connectivity index (χ3n) is 3.24. The first-order valence-electron chi connectivity index (χ1n) is 6.91. The summed E-state index contributed by atoms with van der Waals surface area (Å²) in [6.45, 7) is 0. The highest BCUT2D eigenvalue weighted by Gasteiger charge is 2.31. The first-order chi connectivity index (χ1) is 11.8. The van der Waals surface area contributed by atoms with Crippen molar-refractivity contribution in [2.24, 2.45) is 0 Å². The molecule has 25 heavy (non-hydrogen) atoms. The number of anilines is 1. The Kier molecular flexibility index (Phi) is 4.09. The maximum Gasteiger partial charge on any atom is 0.416 e. The van der Waals surface area contributed by atoms with E-state index in [4.69, 9.17) is 0 Å². The molecule has 0 unspecified atom stereocenters. The summed E-state index contributed by atoms with van der Waals surface area (Å²) >= 11 is 0. The molecule has 3 rings (SSSR count). The van der Waals surface area contributed by atoms with Crippen molar-refractivity contribution in [2.75, 3.05) is 5.32 Å². The molecule has 0 saturated heterocycles. The highest BCUT2D eigenvalue weighted by atomic mass is 19.4. The molecule has 0 aliphatic heterocycles. The third-order valence-corrected chi connectivity index (χ3v) is 3.24. The lowest BCUT2D eigenvalue weighted by Crippen LogP contribution is -2.13. The molecule has 0 radical (unpaired) electrons. The van der Waals surface area contributed by atoms with E-state index in [0.29, 0.717) is 0 Å². The Morgan fingerprint density at radius 3 is 2.44 bits per heavy atom. The van der Waals surface area contributed by atoms with Crippen molar-refractivity contribution in [3.63, 3.8) is 0 Å². The van der Waals surface area contributed by atoms with Crippen molar-refractivity contribution >= 4 is 11.6 Å². The minimum atomic E-state index is -4.64. The van der Waals surface area contributed by atoms with Crippen LogP contribution in [0.2, 0.25) is 0 Å². The topological polar surface area (TPSA) is 104 Å². The van der Waals surface area contributed by atoms with Gasteiger partial charge in [0.15, 0.2) is 5.82 Å². The van der Waals surface area contributed by atoms with Crippen LogP contribution in [-0.4, -0.2) is 26.1 Å². The minimum absolute atomic E-state index is 0.00166. The van der Waals surface area contributed by atoms with Crippen LogP contribution in [0.5, 0.6) is 0 Å². The molecular weight excluding hydrogens is 339 g/mol. The van der Waals surface area contributed by atoms with Crippen molar-refractivity contribution in [2.45, 2.75) is 6.18 Å². The van der Waals surface area contributed by atoms with E-state index in [-0.39, 0.29) is 22.6 Å². The number of carbonyl (C=O) groups excluding carboxylic acids is 1. The Hall–Kier alpha value is -3.43. The molecule has 128 valence electrons. The van der Waals surface area contributed by atoms with Crippen molar-refractivity contribution in [3.05, 3.63) is 64.3 Å². The van der Waals surface area contributed by atoms with Gasteiger partial charge in [-0.25, -0.2) is 9.89 Å². The molecule has 7 nitrogen and oxygen atoms in total. The Morgan fingerprint density at radius 2 is 1.84 bits per heavy atom. The van der Waals surface area contributed by atoms with E-state index in [1.807, 2.05) is 0 Å². The van der Waals surface area contributed by atoms with E-state index >= 15 is 0 Å². The van der Waals surface area contributed by atoms with Gasteiger partial charge in [0.25, 0.3) is 5.91 Å². The summed E-state index contributed by atoms with van der Waals surface area (Å²) in [4.78, 5) is 29.3. The number of rotatable bonds is 3. The van der Waals surface area contributed by atoms with Crippen LogP contribution in [0.15, 0.2) is 47.5 Å². The maximum atomic E-state index is 13.1. The van der Waals surface area contributed by atoms with Gasteiger partial charge < -0.3 is 5.32 Å². The average Bonchev–Trinajstić information content (AvgIpc) is 3.01. The van der Waals surface area contributed by atoms with Crippen molar-refractivity contribution < 1.29 is 18.0 Å². The van der Waals surface area contributed by atoms with Crippen LogP contribution in [0.4, 0.5) is 18.9 Å². The zero-order valence-electron chi connectivity index (χ0n) is 12.4. The Morgan fingerprint density at radius 1 is 1.12 bits per heavy atom. The van der Waals surface area contributed by atoms with Gasteiger partial charge in [-0.3, -0.25) is 14.8 Å². The van der Waals surface area contributed by atoms with Gasteiger partial charge in [-0.2, -0.15) is 18.3 Å². The molecule has 2 aromatic heterocycles. The van der Waals surface area contributed by atoms with Gasteiger partial charge in [-0.15, -0.1) is 0 Å². The fourth-order valence-corrected chi connectivity index (χ4v) is 2.11. The molecule has 0 spiro atoms. The number of carbonyl (C=O) groups is 1. The molecule has 2 heterocycles. The number of alkyl halides is 3. The Labute approximate surface area is 137 Å². The summed E-state index contributed by atoms with van der Waals surface area (Å²) in [7, 11) is 0. The van der Waals surface area contributed by atoms with E-state index in [0.717, 1.165) is 12.1 Å². The number of pyridine rings is 1. The predicted molar refractivity (Wildman–Crippen MR) is 81.8 cm³/mol. The number of H-pyrrole nitrogens is 2. The lowest BCUT2D eigenvalue weighted by Gasteiger charge is -2.12. The van der Waals surface area contributed by atoms with Crippen LogP contribution in [0.25, 0.3) is 11.4 Å². The van der Waals surface area contributed by atoms with Gasteiger partial charge in [-0.1, -0.05) is 0 Å². The number of benzene rings is 1. The van der Waals surface area contributed by atoms with Crippen LogP contribution in [0.3, 0.4) is 0 Å². The van der Waals surface area contributed by atoms with Gasteiger partial charge in [0.1, 0.15) is 0 Å². The van der Waals surface area contributed by atoms with Gasteiger partial charge >= 0.3 is 11.9 Å². The van der Waals surface area contributed by atoms with E-state index < -0.39 is 23.3 Å². The van der Waals surface area contributed by atoms with Gasteiger partial charge in [0, 0.05) is 29.2 Å². The summed E-state index contributed by atoms with van der Waals surface area (Å²) < 4.78 is 39.3. The van der Waals surface area contributed by atoms with Gasteiger partial charge in [0.05, 0.1) is 5.56 Å². The molecule has 3 aromatic rings. The molecule has 1 amide bonds. The number of hydrogen-bond donors (Lipinski definition) is 3. The molecule has 0 atom stereocenters. The molecule has 0 aliphatic carbocycles. The molecule has 3 N–H and O–H groups in total. The van der Waals surface area contributed by atoms with Gasteiger partial charge in [0.2, 0.25) is 0 Å². The average molecular weight is 349 g/mol. The highest BCUT2D eigenvalue weighted by Crippen LogP contribution is 2.34. The van der Waals surface area contributed by atoms with Gasteiger partial charge in [-0.05, 0) is 30.3 Å². The number of nitrogens with zero attached hydrogens (tertiary/aromatic N) is 2. The number of hydrogen-bond acceptors (Lipinski definition) is 4.